The number of esters is 1. The lowest BCUT2D eigenvalue weighted by molar-refractivity contribution is -0.658. The van der Waals surface area contributed by atoms with Crippen molar-refractivity contribution in [3.05, 3.63) is 0 Å². The number of hydrogen-bond donors (Lipinski definition) is 1. The summed E-state index contributed by atoms with van der Waals surface area (Å²) >= 11 is 1.32. The summed E-state index contributed by atoms with van der Waals surface area (Å²) in [5.74, 6) is -3.20. The van der Waals surface area contributed by atoms with Crippen molar-refractivity contribution in [2.24, 2.45) is 0 Å². The quantitative estimate of drug-likeness (QED) is 0.619. The van der Waals surface area contributed by atoms with Gasteiger partial charge in [-0.2, -0.15) is 13.2 Å². The molecular formula is C10H14F3NO5S. The fraction of sp³-hybridized carbons (Fsp3) is 0.700. The van der Waals surface area contributed by atoms with Crippen LogP contribution in [0.3, 0.4) is 0 Å². The zero-order valence-electron chi connectivity index (χ0n) is 10.7. The normalized spacial score (nSPS) is 21.6. The van der Waals surface area contributed by atoms with E-state index in [1.165, 1.54) is 18.9 Å². The molecule has 1 rings (SSSR count). The van der Waals surface area contributed by atoms with Crippen molar-refractivity contribution >= 4 is 28.8 Å². The van der Waals surface area contributed by atoms with E-state index in [-0.39, 0.29) is 22.4 Å². The average Bonchev–Trinajstić information content (AvgIpc) is 2.75. The van der Waals surface area contributed by atoms with E-state index in [4.69, 9.17) is 9.90 Å². The van der Waals surface area contributed by atoms with Crippen LogP contribution in [0.4, 0.5) is 13.2 Å². The first-order valence-corrected chi connectivity index (χ1v) is 6.32. The summed E-state index contributed by atoms with van der Waals surface area (Å²) in [6.07, 6.45) is -4.46. The van der Waals surface area contributed by atoms with Crippen LogP contribution in [0, 0.1) is 0 Å². The van der Waals surface area contributed by atoms with Gasteiger partial charge in [0.05, 0.1) is 18.9 Å². The standard InChI is InChI=1S/C8H13NO3S.C2HF3O2/c1-5(10)13-6-3-7(9-4-6)8(11)12-2;3-2(4,5)1(6)7/h6-7,9H,3-4H2,1-2H3;(H,6,7)/t6-,7-;/m0./s1. The molecule has 0 aromatic heterocycles. The van der Waals surface area contributed by atoms with E-state index in [1.807, 2.05) is 5.32 Å². The van der Waals surface area contributed by atoms with Crippen LogP contribution in [0.15, 0.2) is 0 Å². The van der Waals surface area contributed by atoms with E-state index in [9.17, 15) is 22.8 Å². The Labute approximate surface area is 117 Å². The number of ether oxygens (including phenoxy) is 1. The van der Waals surface area contributed by atoms with Crippen LogP contribution in [-0.2, 0) is 19.1 Å². The zero-order valence-corrected chi connectivity index (χ0v) is 11.5. The monoisotopic (exact) mass is 317 g/mol. The number of halogens is 3. The molecule has 20 heavy (non-hydrogen) atoms. The van der Waals surface area contributed by atoms with Gasteiger partial charge in [-0.25, -0.2) is 4.79 Å². The fourth-order valence-electron chi connectivity index (χ4n) is 1.47. The highest BCUT2D eigenvalue weighted by Gasteiger charge is 2.35. The minimum absolute atomic E-state index is 0.109. The van der Waals surface area contributed by atoms with Crippen LogP contribution < -0.4 is 10.4 Å². The van der Waals surface area contributed by atoms with Crippen LogP contribution in [0.5, 0.6) is 0 Å². The Balaban J connectivity index is 0.000000441. The largest absolute Gasteiger partial charge is 0.542 e. The molecule has 0 radical (unpaired) electrons. The highest BCUT2D eigenvalue weighted by atomic mass is 32.2. The number of methoxy groups -OCH3 is 1. The second kappa shape index (κ2) is 8.10. The van der Waals surface area contributed by atoms with Crippen molar-refractivity contribution in [3.63, 3.8) is 0 Å². The molecular weight excluding hydrogens is 303 g/mol. The highest BCUT2D eigenvalue weighted by Crippen LogP contribution is 2.18. The molecule has 0 saturated carbocycles. The number of carboxylic acids is 1. The van der Waals surface area contributed by atoms with Crippen molar-refractivity contribution in [2.75, 3.05) is 13.7 Å². The Morgan fingerprint density at radius 2 is 1.85 bits per heavy atom. The summed E-state index contributed by atoms with van der Waals surface area (Å²) in [6.45, 7) is 2.38. The Bertz CT molecular complexity index is 374. The van der Waals surface area contributed by atoms with E-state index in [0.29, 0.717) is 0 Å². The SMILES string of the molecule is COC(=O)[C@@H]1C[C@H](SC(C)=O)C[NH2+]1.O=C([O-])C(F)(F)F. The van der Waals surface area contributed by atoms with Crippen molar-refractivity contribution < 1.29 is 42.7 Å². The smallest absolute Gasteiger partial charge is 0.430 e. The predicted molar refractivity (Wildman–Crippen MR) is 60.3 cm³/mol. The number of rotatable bonds is 2. The van der Waals surface area contributed by atoms with Gasteiger partial charge in [0, 0.05) is 13.3 Å². The molecule has 0 unspecified atom stereocenters. The summed E-state index contributed by atoms with van der Waals surface area (Å²) in [5.41, 5.74) is 0. The van der Waals surface area contributed by atoms with Crippen LogP contribution in [0.25, 0.3) is 0 Å². The number of carbonyl (C=O) groups is 3. The molecule has 0 aliphatic carbocycles. The molecule has 10 heteroatoms. The first-order chi connectivity index (χ1) is 9.07. The van der Waals surface area contributed by atoms with Crippen molar-refractivity contribution in [3.8, 4) is 0 Å². The average molecular weight is 317 g/mol. The van der Waals surface area contributed by atoms with Gasteiger partial charge < -0.3 is 20.0 Å². The third-order valence-electron chi connectivity index (χ3n) is 2.27. The molecule has 2 N–H and O–H groups in total. The van der Waals surface area contributed by atoms with Crippen molar-refractivity contribution in [1.29, 1.82) is 0 Å². The third-order valence-corrected chi connectivity index (χ3v) is 3.32. The predicted octanol–water partition coefficient (Wildman–Crippen LogP) is -1.56. The highest BCUT2D eigenvalue weighted by molar-refractivity contribution is 8.14. The summed E-state index contributed by atoms with van der Waals surface area (Å²) in [4.78, 5) is 30.7. The van der Waals surface area contributed by atoms with E-state index in [2.05, 4.69) is 4.74 Å². The molecule has 116 valence electrons. The maximum absolute atomic E-state index is 11.1. The molecule has 1 aliphatic rings. The minimum Gasteiger partial charge on any atom is -0.542 e. The Morgan fingerprint density at radius 1 is 1.35 bits per heavy atom. The molecule has 6 nitrogen and oxygen atoms in total. The molecule has 0 aromatic rings. The van der Waals surface area contributed by atoms with Crippen LogP contribution in [0.2, 0.25) is 0 Å². The molecule has 1 heterocycles. The first kappa shape index (κ1) is 18.7. The van der Waals surface area contributed by atoms with E-state index in [0.717, 1.165) is 13.0 Å². The van der Waals surface area contributed by atoms with Gasteiger partial charge in [0.1, 0.15) is 5.97 Å². The van der Waals surface area contributed by atoms with Gasteiger partial charge in [0.25, 0.3) is 0 Å². The van der Waals surface area contributed by atoms with Gasteiger partial charge >= 0.3 is 12.1 Å². The van der Waals surface area contributed by atoms with Gasteiger partial charge in [-0.05, 0) is 0 Å². The second-order valence-corrected chi connectivity index (χ2v) is 5.33. The molecule has 0 aromatic carbocycles. The molecule has 0 spiro atoms. The summed E-state index contributed by atoms with van der Waals surface area (Å²) in [7, 11) is 1.39. The maximum atomic E-state index is 11.1. The zero-order chi connectivity index (χ0) is 15.9. The van der Waals surface area contributed by atoms with Gasteiger partial charge in [0.2, 0.25) is 0 Å². The van der Waals surface area contributed by atoms with Crippen LogP contribution >= 0.6 is 11.8 Å². The fourth-order valence-corrected chi connectivity index (χ4v) is 2.45. The summed E-state index contributed by atoms with van der Waals surface area (Å²) in [6, 6.07) is -0.109. The van der Waals surface area contributed by atoms with E-state index >= 15 is 0 Å². The van der Waals surface area contributed by atoms with Gasteiger partial charge in [-0.3, -0.25) is 4.79 Å². The Morgan fingerprint density at radius 3 is 2.20 bits per heavy atom. The van der Waals surface area contributed by atoms with Gasteiger partial charge in [-0.15, -0.1) is 0 Å². The first-order valence-electron chi connectivity index (χ1n) is 5.44. The lowest BCUT2D eigenvalue weighted by Crippen LogP contribution is -2.89. The summed E-state index contributed by atoms with van der Waals surface area (Å²) < 4.78 is 36.2. The summed E-state index contributed by atoms with van der Waals surface area (Å²) in [5, 5.41) is 11.1. The lowest BCUT2D eigenvalue weighted by atomic mass is 10.2. The number of quaternary nitrogens is 1. The van der Waals surface area contributed by atoms with Gasteiger partial charge in [-0.1, -0.05) is 11.8 Å². The maximum Gasteiger partial charge on any atom is 0.430 e. The van der Waals surface area contributed by atoms with Crippen molar-refractivity contribution in [2.45, 2.75) is 30.8 Å². The third kappa shape index (κ3) is 7.34. The van der Waals surface area contributed by atoms with Gasteiger partial charge in [0.15, 0.2) is 11.2 Å². The van der Waals surface area contributed by atoms with E-state index < -0.39 is 12.1 Å². The molecule has 1 aliphatic heterocycles. The molecule has 0 bridgehead atoms. The molecule has 1 fully saturated rings. The molecule has 1 saturated heterocycles. The van der Waals surface area contributed by atoms with Crippen LogP contribution in [-0.4, -0.2) is 48.2 Å². The molecule has 2 atom stereocenters. The second-order valence-electron chi connectivity index (χ2n) is 3.85. The van der Waals surface area contributed by atoms with E-state index in [1.54, 1.807) is 6.92 Å². The minimum atomic E-state index is -5.19. The number of nitrogens with two attached hydrogens (primary N) is 1. The Kier molecular flexibility index (Phi) is 7.58. The molecule has 0 amide bonds. The number of carboxylic acid groups (broad SMARTS) is 1. The number of aliphatic carboxylic acids is 1. The topological polar surface area (TPSA) is 100 Å². The van der Waals surface area contributed by atoms with Crippen LogP contribution in [0.1, 0.15) is 13.3 Å². The number of alkyl halides is 3. The Hall–Kier alpha value is -1.29. The number of thioether (sulfide) groups is 1. The number of carbonyl (C=O) groups excluding carboxylic acids is 3. The number of hydrogen-bond acceptors (Lipinski definition) is 6. The van der Waals surface area contributed by atoms with Crippen molar-refractivity contribution in [1.82, 2.24) is 0 Å². The lowest BCUT2D eigenvalue weighted by Gasteiger charge is -2.03.